The lowest BCUT2D eigenvalue weighted by molar-refractivity contribution is 0.123. The number of fused-ring (bicyclic) bond motifs is 1. The van der Waals surface area contributed by atoms with Crippen molar-refractivity contribution < 1.29 is 4.79 Å². The highest BCUT2D eigenvalue weighted by Gasteiger charge is 2.33. The third-order valence-corrected chi connectivity index (χ3v) is 4.08. The zero-order chi connectivity index (χ0) is 14.9. The molecule has 21 heavy (non-hydrogen) atoms. The van der Waals surface area contributed by atoms with E-state index in [1.165, 1.54) is 0 Å². The molecule has 2 aromatic rings. The van der Waals surface area contributed by atoms with Gasteiger partial charge >= 0.3 is 6.03 Å². The number of amides is 2. The zero-order valence-electron chi connectivity index (χ0n) is 12.5. The highest BCUT2D eigenvalue weighted by atomic mass is 16.2. The summed E-state index contributed by atoms with van der Waals surface area (Å²) in [4.78, 5) is 14.5. The van der Waals surface area contributed by atoms with Crippen molar-refractivity contribution >= 4 is 22.5 Å². The van der Waals surface area contributed by atoms with E-state index in [9.17, 15) is 4.79 Å². The maximum Gasteiger partial charge on any atom is 0.322 e. The molecule has 0 spiro atoms. The van der Waals surface area contributed by atoms with Gasteiger partial charge in [0.05, 0.1) is 11.2 Å². The van der Waals surface area contributed by atoms with Gasteiger partial charge in [-0.2, -0.15) is 0 Å². The van der Waals surface area contributed by atoms with Gasteiger partial charge in [-0.3, -0.25) is 0 Å². The van der Waals surface area contributed by atoms with Gasteiger partial charge in [0.25, 0.3) is 0 Å². The van der Waals surface area contributed by atoms with Gasteiger partial charge < -0.3 is 15.5 Å². The molecule has 0 unspecified atom stereocenters. The SMILES string of the molecule is CC1(C)CNCCN1C(=O)Nc1cccc2ccccc12. The molecule has 0 radical (unpaired) electrons. The van der Waals surface area contributed by atoms with E-state index in [4.69, 9.17) is 0 Å². The molecule has 4 nitrogen and oxygen atoms in total. The quantitative estimate of drug-likeness (QED) is 0.845. The Hall–Kier alpha value is -2.07. The Morgan fingerprint density at radius 2 is 1.95 bits per heavy atom. The van der Waals surface area contributed by atoms with Crippen LogP contribution in [0.4, 0.5) is 10.5 Å². The van der Waals surface area contributed by atoms with Crippen LogP contribution in [0, 0.1) is 0 Å². The van der Waals surface area contributed by atoms with Crippen LogP contribution < -0.4 is 10.6 Å². The van der Waals surface area contributed by atoms with Crippen molar-refractivity contribution in [2.24, 2.45) is 0 Å². The van der Waals surface area contributed by atoms with E-state index >= 15 is 0 Å². The van der Waals surface area contributed by atoms with Crippen LogP contribution in [0.5, 0.6) is 0 Å². The van der Waals surface area contributed by atoms with Gasteiger partial charge in [0, 0.05) is 25.0 Å². The van der Waals surface area contributed by atoms with Gasteiger partial charge in [-0.05, 0) is 25.3 Å². The van der Waals surface area contributed by atoms with Gasteiger partial charge in [-0.1, -0.05) is 36.4 Å². The number of piperazine rings is 1. The maximum absolute atomic E-state index is 12.6. The molecule has 4 heteroatoms. The minimum Gasteiger partial charge on any atom is -0.317 e. The molecule has 1 saturated heterocycles. The fraction of sp³-hybridized carbons (Fsp3) is 0.353. The number of nitrogens with zero attached hydrogens (tertiary/aromatic N) is 1. The maximum atomic E-state index is 12.6. The van der Waals surface area contributed by atoms with E-state index in [1.807, 2.05) is 35.2 Å². The monoisotopic (exact) mass is 283 g/mol. The molecule has 0 aliphatic carbocycles. The lowest BCUT2D eigenvalue weighted by Crippen LogP contribution is -2.60. The van der Waals surface area contributed by atoms with Crippen molar-refractivity contribution in [1.29, 1.82) is 0 Å². The van der Waals surface area contributed by atoms with Crippen LogP contribution in [0.15, 0.2) is 42.5 Å². The minimum absolute atomic E-state index is 0.0298. The number of rotatable bonds is 1. The predicted octanol–water partition coefficient (Wildman–Crippen LogP) is 3.06. The van der Waals surface area contributed by atoms with Crippen LogP contribution in [0.2, 0.25) is 0 Å². The average molecular weight is 283 g/mol. The van der Waals surface area contributed by atoms with Crippen molar-refractivity contribution in [3.8, 4) is 0 Å². The minimum atomic E-state index is -0.174. The summed E-state index contributed by atoms with van der Waals surface area (Å²) in [6.07, 6.45) is 0. The Morgan fingerprint density at radius 3 is 2.76 bits per heavy atom. The molecule has 110 valence electrons. The summed E-state index contributed by atoms with van der Waals surface area (Å²) < 4.78 is 0. The summed E-state index contributed by atoms with van der Waals surface area (Å²) in [6, 6.07) is 14.0. The number of nitrogens with one attached hydrogen (secondary N) is 2. The molecule has 0 saturated carbocycles. The van der Waals surface area contributed by atoms with Crippen molar-refractivity contribution in [1.82, 2.24) is 10.2 Å². The number of hydrogen-bond acceptors (Lipinski definition) is 2. The molecule has 3 rings (SSSR count). The number of anilines is 1. The highest BCUT2D eigenvalue weighted by Crippen LogP contribution is 2.24. The third-order valence-electron chi connectivity index (χ3n) is 4.08. The Bertz CT molecular complexity index is 661. The largest absolute Gasteiger partial charge is 0.322 e. The second kappa shape index (κ2) is 5.37. The third kappa shape index (κ3) is 2.72. The standard InChI is InChI=1S/C17H21N3O/c1-17(2)12-18-10-11-20(17)16(21)19-15-9-5-7-13-6-3-4-8-14(13)15/h3-9,18H,10-12H2,1-2H3,(H,19,21). The van der Waals surface area contributed by atoms with Crippen molar-refractivity contribution in [3.63, 3.8) is 0 Å². The summed E-state index contributed by atoms with van der Waals surface area (Å²) in [5.41, 5.74) is 0.694. The normalized spacial score (nSPS) is 17.7. The van der Waals surface area contributed by atoms with Gasteiger partial charge in [0.1, 0.15) is 0 Å². The molecule has 2 amide bonds. The van der Waals surface area contributed by atoms with E-state index in [0.29, 0.717) is 0 Å². The van der Waals surface area contributed by atoms with Crippen molar-refractivity contribution in [2.45, 2.75) is 19.4 Å². The molecular formula is C17H21N3O. The molecule has 0 atom stereocenters. The molecule has 1 heterocycles. The molecule has 2 N–H and O–H groups in total. The van der Waals surface area contributed by atoms with Gasteiger partial charge in [0.2, 0.25) is 0 Å². The summed E-state index contributed by atoms with van der Waals surface area (Å²) in [7, 11) is 0. The predicted molar refractivity (Wildman–Crippen MR) is 86.6 cm³/mol. The van der Waals surface area contributed by atoms with Gasteiger partial charge in [0.15, 0.2) is 0 Å². The van der Waals surface area contributed by atoms with E-state index in [0.717, 1.165) is 36.1 Å². The zero-order valence-corrected chi connectivity index (χ0v) is 12.5. The molecular weight excluding hydrogens is 262 g/mol. The lowest BCUT2D eigenvalue weighted by atomic mass is 10.0. The molecule has 2 aromatic carbocycles. The second-order valence-electron chi connectivity index (χ2n) is 6.10. The number of carbonyl (C=O) groups excluding carboxylic acids is 1. The summed E-state index contributed by atoms with van der Waals surface area (Å²) in [5.74, 6) is 0. The first-order chi connectivity index (χ1) is 10.1. The highest BCUT2D eigenvalue weighted by molar-refractivity contribution is 6.01. The van der Waals surface area contributed by atoms with E-state index in [-0.39, 0.29) is 11.6 Å². The van der Waals surface area contributed by atoms with E-state index < -0.39 is 0 Å². The Morgan fingerprint density at radius 1 is 1.19 bits per heavy atom. The molecule has 0 aromatic heterocycles. The Kier molecular flexibility index (Phi) is 3.55. The van der Waals surface area contributed by atoms with Crippen LogP contribution in [-0.2, 0) is 0 Å². The Labute approximate surface area is 125 Å². The number of benzene rings is 2. The number of hydrogen-bond donors (Lipinski definition) is 2. The molecule has 1 fully saturated rings. The summed E-state index contributed by atoms with van der Waals surface area (Å²) in [5, 5.41) is 8.61. The Balaban J connectivity index is 1.86. The van der Waals surface area contributed by atoms with Crippen LogP contribution in [0.25, 0.3) is 10.8 Å². The topological polar surface area (TPSA) is 44.4 Å². The van der Waals surface area contributed by atoms with Crippen LogP contribution in [0.3, 0.4) is 0 Å². The molecule has 1 aliphatic heterocycles. The van der Waals surface area contributed by atoms with E-state index in [1.54, 1.807) is 0 Å². The van der Waals surface area contributed by atoms with Crippen molar-refractivity contribution in [3.05, 3.63) is 42.5 Å². The smallest absolute Gasteiger partial charge is 0.317 e. The number of carbonyl (C=O) groups is 1. The summed E-state index contributed by atoms with van der Waals surface area (Å²) in [6.45, 7) is 6.55. The van der Waals surface area contributed by atoms with Gasteiger partial charge in [-0.15, -0.1) is 0 Å². The van der Waals surface area contributed by atoms with Crippen LogP contribution >= 0.6 is 0 Å². The fourth-order valence-corrected chi connectivity index (χ4v) is 2.88. The second-order valence-corrected chi connectivity index (χ2v) is 6.10. The fourth-order valence-electron chi connectivity index (χ4n) is 2.88. The van der Waals surface area contributed by atoms with Crippen LogP contribution in [-0.4, -0.2) is 36.1 Å². The molecule has 0 bridgehead atoms. The number of urea groups is 1. The van der Waals surface area contributed by atoms with Crippen molar-refractivity contribution in [2.75, 3.05) is 25.0 Å². The van der Waals surface area contributed by atoms with Crippen LogP contribution in [0.1, 0.15) is 13.8 Å². The molecule has 1 aliphatic rings. The first kappa shape index (κ1) is 13.9. The lowest BCUT2D eigenvalue weighted by Gasteiger charge is -2.42. The first-order valence-electron chi connectivity index (χ1n) is 7.35. The van der Waals surface area contributed by atoms with Gasteiger partial charge in [-0.25, -0.2) is 4.79 Å². The van der Waals surface area contributed by atoms with E-state index in [2.05, 4.69) is 36.6 Å². The summed E-state index contributed by atoms with van der Waals surface area (Å²) >= 11 is 0. The average Bonchev–Trinajstić information content (AvgIpc) is 2.47. The first-order valence-corrected chi connectivity index (χ1v) is 7.35.